The SMILES string of the molecule is CN1[C@H]2CC[C@@H]1C(C(=O)O)C(=O)C2. The van der Waals surface area contributed by atoms with E-state index in [1.54, 1.807) is 0 Å². The number of carboxylic acid groups (broad SMARTS) is 1. The Kier molecular flexibility index (Phi) is 1.87. The smallest absolute Gasteiger partial charge is 0.315 e. The summed E-state index contributed by atoms with van der Waals surface area (Å²) >= 11 is 0. The van der Waals surface area contributed by atoms with E-state index in [1.165, 1.54) is 0 Å². The Balaban J connectivity index is 2.27. The van der Waals surface area contributed by atoms with Crippen LogP contribution >= 0.6 is 0 Å². The second-order valence-corrected chi connectivity index (χ2v) is 3.95. The Morgan fingerprint density at radius 2 is 2.23 bits per heavy atom. The number of carbonyl (C=O) groups excluding carboxylic acids is 1. The zero-order chi connectivity index (χ0) is 9.59. The third kappa shape index (κ3) is 1.16. The molecule has 1 N–H and O–H groups in total. The van der Waals surface area contributed by atoms with E-state index < -0.39 is 11.9 Å². The fourth-order valence-corrected chi connectivity index (χ4v) is 2.57. The predicted molar refractivity (Wildman–Crippen MR) is 45.3 cm³/mol. The van der Waals surface area contributed by atoms with Gasteiger partial charge in [-0.15, -0.1) is 0 Å². The number of Topliss-reactive ketones (excluding diaryl/α,β-unsaturated/α-hetero) is 1. The van der Waals surface area contributed by atoms with Gasteiger partial charge in [0.25, 0.3) is 0 Å². The number of ketones is 1. The highest BCUT2D eigenvalue weighted by atomic mass is 16.4. The van der Waals surface area contributed by atoms with Gasteiger partial charge in [-0.2, -0.15) is 0 Å². The lowest BCUT2D eigenvalue weighted by molar-refractivity contribution is -0.151. The van der Waals surface area contributed by atoms with Gasteiger partial charge in [-0.1, -0.05) is 0 Å². The zero-order valence-electron chi connectivity index (χ0n) is 7.56. The van der Waals surface area contributed by atoms with E-state index in [0.717, 1.165) is 12.8 Å². The normalized spacial score (nSPS) is 39.5. The molecule has 4 nitrogen and oxygen atoms in total. The Bertz CT molecular complexity index is 264. The van der Waals surface area contributed by atoms with Crippen molar-refractivity contribution in [1.82, 2.24) is 4.90 Å². The van der Waals surface area contributed by atoms with E-state index in [4.69, 9.17) is 5.11 Å². The number of nitrogens with zero attached hydrogens (tertiary/aromatic N) is 1. The number of fused-ring (bicyclic) bond motifs is 2. The fourth-order valence-electron chi connectivity index (χ4n) is 2.57. The average Bonchev–Trinajstić information content (AvgIpc) is 2.34. The third-order valence-corrected chi connectivity index (χ3v) is 3.33. The number of carboxylic acids is 1. The molecule has 2 aliphatic rings. The molecule has 0 amide bonds. The molecule has 0 aromatic rings. The van der Waals surface area contributed by atoms with Crippen LogP contribution in [0, 0.1) is 5.92 Å². The van der Waals surface area contributed by atoms with E-state index in [1.807, 2.05) is 7.05 Å². The largest absolute Gasteiger partial charge is 0.481 e. The number of piperidine rings is 1. The molecule has 2 fully saturated rings. The molecule has 2 aliphatic heterocycles. The molecule has 13 heavy (non-hydrogen) atoms. The van der Waals surface area contributed by atoms with Gasteiger partial charge in [0, 0.05) is 18.5 Å². The molecule has 72 valence electrons. The molecule has 2 saturated heterocycles. The Hall–Kier alpha value is -0.900. The van der Waals surface area contributed by atoms with Crippen LogP contribution in [-0.4, -0.2) is 40.9 Å². The summed E-state index contributed by atoms with van der Waals surface area (Å²) in [5.41, 5.74) is 0. The van der Waals surface area contributed by atoms with Gasteiger partial charge < -0.3 is 5.11 Å². The van der Waals surface area contributed by atoms with Gasteiger partial charge >= 0.3 is 5.97 Å². The molecule has 2 bridgehead atoms. The predicted octanol–water partition coefficient (Wildman–Crippen LogP) is 0.123. The summed E-state index contributed by atoms with van der Waals surface area (Å²) in [6.45, 7) is 0. The highest BCUT2D eigenvalue weighted by Crippen LogP contribution is 2.35. The second-order valence-electron chi connectivity index (χ2n) is 3.95. The summed E-state index contributed by atoms with van der Waals surface area (Å²) in [6.07, 6.45) is 2.24. The number of carbonyl (C=O) groups is 2. The summed E-state index contributed by atoms with van der Waals surface area (Å²) in [5, 5.41) is 8.90. The number of hydrogen-bond donors (Lipinski definition) is 1. The second kappa shape index (κ2) is 2.80. The lowest BCUT2D eigenvalue weighted by atomic mass is 9.89. The van der Waals surface area contributed by atoms with E-state index in [2.05, 4.69) is 4.90 Å². The molecule has 0 spiro atoms. The highest BCUT2D eigenvalue weighted by Gasteiger charge is 2.48. The minimum absolute atomic E-state index is 0.0521. The summed E-state index contributed by atoms with van der Waals surface area (Å²) in [6, 6.07) is 0.247. The first-order valence-corrected chi connectivity index (χ1v) is 4.58. The minimum Gasteiger partial charge on any atom is -0.481 e. The lowest BCUT2D eigenvalue weighted by Crippen LogP contribution is -2.49. The number of hydrogen-bond acceptors (Lipinski definition) is 3. The van der Waals surface area contributed by atoms with Crippen LogP contribution in [-0.2, 0) is 9.59 Å². The number of aliphatic carboxylic acids is 1. The van der Waals surface area contributed by atoms with Crippen molar-refractivity contribution in [2.45, 2.75) is 31.3 Å². The molecule has 0 aromatic heterocycles. The summed E-state index contributed by atoms with van der Waals surface area (Å²) in [4.78, 5) is 24.3. The van der Waals surface area contributed by atoms with E-state index in [-0.39, 0.29) is 11.8 Å². The molecule has 1 unspecified atom stereocenters. The molecule has 3 atom stereocenters. The van der Waals surface area contributed by atoms with Crippen molar-refractivity contribution in [2.75, 3.05) is 7.05 Å². The number of rotatable bonds is 1. The summed E-state index contributed by atoms with van der Waals surface area (Å²) in [5.74, 6) is -1.82. The molecule has 0 radical (unpaired) electrons. The van der Waals surface area contributed by atoms with Crippen molar-refractivity contribution < 1.29 is 14.7 Å². The Labute approximate surface area is 76.5 Å². The van der Waals surface area contributed by atoms with Crippen LogP contribution < -0.4 is 0 Å². The fraction of sp³-hybridized carbons (Fsp3) is 0.778. The highest BCUT2D eigenvalue weighted by molar-refractivity contribution is 6.00. The van der Waals surface area contributed by atoms with Gasteiger partial charge in [-0.3, -0.25) is 14.5 Å². The Morgan fingerprint density at radius 3 is 2.85 bits per heavy atom. The Morgan fingerprint density at radius 1 is 1.54 bits per heavy atom. The van der Waals surface area contributed by atoms with E-state index >= 15 is 0 Å². The van der Waals surface area contributed by atoms with E-state index in [0.29, 0.717) is 12.5 Å². The van der Waals surface area contributed by atoms with Crippen LogP contribution in [0.2, 0.25) is 0 Å². The molecular weight excluding hydrogens is 170 g/mol. The van der Waals surface area contributed by atoms with Gasteiger partial charge in [-0.25, -0.2) is 0 Å². The van der Waals surface area contributed by atoms with Gasteiger partial charge in [0.15, 0.2) is 0 Å². The van der Waals surface area contributed by atoms with Crippen LogP contribution in [0.25, 0.3) is 0 Å². The molecule has 2 rings (SSSR count). The molecule has 0 saturated carbocycles. The molecule has 0 aliphatic carbocycles. The van der Waals surface area contributed by atoms with Crippen LogP contribution in [0.3, 0.4) is 0 Å². The van der Waals surface area contributed by atoms with Crippen molar-refractivity contribution in [3.05, 3.63) is 0 Å². The average molecular weight is 183 g/mol. The maximum atomic E-state index is 11.4. The van der Waals surface area contributed by atoms with Crippen LogP contribution in [0.15, 0.2) is 0 Å². The first-order chi connectivity index (χ1) is 6.11. The quantitative estimate of drug-likeness (QED) is 0.587. The molecular formula is C9H13NO3. The molecule has 4 heteroatoms. The minimum atomic E-state index is -0.956. The van der Waals surface area contributed by atoms with Gasteiger partial charge in [-0.05, 0) is 19.9 Å². The van der Waals surface area contributed by atoms with Gasteiger partial charge in [0.2, 0.25) is 0 Å². The first-order valence-electron chi connectivity index (χ1n) is 4.58. The summed E-state index contributed by atoms with van der Waals surface area (Å²) in [7, 11) is 1.92. The molecule has 0 aromatic carbocycles. The van der Waals surface area contributed by atoms with Crippen LogP contribution in [0.5, 0.6) is 0 Å². The monoisotopic (exact) mass is 183 g/mol. The van der Waals surface area contributed by atoms with Gasteiger partial charge in [0.05, 0.1) is 0 Å². The van der Waals surface area contributed by atoms with E-state index in [9.17, 15) is 9.59 Å². The van der Waals surface area contributed by atoms with Crippen molar-refractivity contribution in [3.63, 3.8) is 0 Å². The van der Waals surface area contributed by atoms with Crippen molar-refractivity contribution >= 4 is 11.8 Å². The van der Waals surface area contributed by atoms with Crippen molar-refractivity contribution in [1.29, 1.82) is 0 Å². The summed E-state index contributed by atoms with van der Waals surface area (Å²) < 4.78 is 0. The van der Waals surface area contributed by atoms with Crippen LogP contribution in [0.1, 0.15) is 19.3 Å². The zero-order valence-corrected chi connectivity index (χ0v) is 7.56. The van der Waals surface area contributed by atoms with Crippen molar-refractivity contribution in [2.24, 2.45) is 5.92 Å². The maximum Gasteiger partial charge on any atom is 0.315 e. The standard InChI is InChI=1S/C9H13NO3/c1-10-5-2-3-6(10)8(9(12)13)7(11)4-5/h5-6,8H,2-4H2,1H3,(H,12,13)/t5-,6+,8?/m0/s1. The third-order valence-electron chi connectivity index (χ3n) is 3.33. The molecule has 2 heterocycles. The van der Waals surface area contributed by atoms with Gasteiger partial charge in [0.1, 0.15) is 11.7 Å². The first kappa shape index (κ1) is 8.69. The maximum absolute atomic E-state index is 11.4. The lowest BCUT2D eigenvalue weighted by Gasteiger charge is -2.34. The topological polar surface area (TPSA) is 57.6 Å². The van der Waals surface area contributed by atoms with Crippen LogP contribution in [0.4, 0.5) is 0 Å². The van der Waals surface area contributed by atoms with Crippen molar-refractivity contribution in [3.8, 4) is 0 Å².